The average molecular weight is 391 g/mol. The van der Waals surface area contributed by atoms with E-state index in [-0.39, 0.29) is 6.01 Å². The minimum atomic E-state index is -1.12. The van der Waals surface area contributed by atoms with Gasteiger partial charge in [0.05, 0.1) is 12.8 Å². The topological polar surface area (TPSA) is 69.0 Å². The van der Waals surface area contributed by atoms with Crippen LogP contribution in [0.3, 0.4) is 0 Å². The number of anilines is 1. The lowest BCUT2D eigenvalue weighted by Crippen LogP contribution is -2.18. The van der Waals surface area contributed by atoms with Crippen molar-refractivity contribution in [3.8, 4) is 23.1 Å². The van der Waals surface area contributed by atoms with Crippen LogP contribution < -0.4 is 10.1 Å². The van der Waals surface area contributed by atoms with E-state index in [1.165, 1.54) is 7.11 Å². The van der Waals surface area contributed by atoms with Gasteiger partial charge in [0.2, 0.25) is 0 Å². The van der Waals surface area contributed by atoms with Gasteiger partial charge in [0.1, 0.15) is 0 Å². The van der Waals surface area contributed by atoms with Crippen LogP contribution in [0.4, 0.5) is 5.69 Å². The maximum Gasteiger partial charge on any atom is 0.336 e. The fourth-order valence-corrected chi connectivity index (χ4v) is 2.44. The molecule has 3 aromatic rings. The van der Waals surface area contributed by atoms with Crippen molar-refractivity contribution < 1.29 is 9.53 Å². The van der Waals surface area contributed by atoms with E-state index in [0.717, 1.165) is 16.8 Å². The first-order chi connectivity index (χ1) is 12.5. The minimum absolute atomic E-state index is 0.269. The lowest BCUT2D eigenvalue weighted by Gasteiger charge is -2.09. The predicted molar refractivity (Wildman–Crippen MR) is 102 cm³/mol. The number of benzene rings is 2. The maximum absolute atomic E-state index is 11.6. The molecule has 1 heterocycles. The lowest BCUT2D eigenvalue weighted by molar-refractivity contribution is -0.114. The first-order valence-corrected chi connectivity index (χ1v) is 8.63. The monoisotopic (exact) mass is 390 g/mol. The summed E-state index contributed by atoms with van der Waals surface area (Å²) in [4.78, 5) is 14.9. The molecule has 134 valence electrons. The van der Waals surface area contributed by atoms with Crippen molar-refractivity contribution in [2.24, 2.45) is 0 Å². The van der Waals surface area contributed by atoms with Crippen LogP contribution in [-0.4, -0.2) is 32.6 Å². The SMILES string of the molecule is COc1nc(-c2ccc(C)cc2)n(-c2ccc(NC(=O)C(Cl)Cl)cc2)n1. The van der Waals surface area contributed by atoms with Crippen LogP contribution in [0.25, 0.3) is 17.1 Å². The zero-order chi connectivity index (χ0) is 18.7. The highest BCUT2D eigenvalue weighted by molar-refractivity contribution is 6.54. The van der Waals surface area contributed by atoms with Crippen LogP contribution in [0.1, 0.15) is 5.56 Å². The van der Waals surface area contributed by atoms with Gasteiger partial charge in [-0.05, 0) is 31.2 Å². The molecule has 0 atom stereocenters. The van der Waals surface area contributed by atoms with Crippen molar-refractivity contribution in [1.29, 1.82) is 0 Å². The Hall–Kier alpha value is -2.57. The average Bonchev–Trinajstić information content (AvgIpc) is 3.07. The van der Waals surface area contributed by atoms with E-state index in [2.05, 4.69) is 15.4 Å². The number of carbonyl (C=O) groups excluding carboxylic acids is 1. The molecule has 6 nitrogen and oxygen atoms in total. The second-order valence-electron chi connectivity index (χ2n) is 5.54. The lowest BCUT2D eigenvalue weighted by atomic mass is 10.1. The molecule has 2 aromatic carbocycles. The van der Waals surface area contributed by atoms with E-state index in [9.17, 15) is 4.79 Å². The fourth-order valence-electron chi connectivity index (χ4n) is 2.33. The van der Waals surface area contributed by atoms with Gasteiger partial charge in [0, 0.05) is 11.3 Å². The molecule has 0 saturated carbocycles. The summed E-state index contributed by atoms with van der Waals surface area (Å²) in [5, 5.41) is 6.99. The third-order valence-electron chi connectivity index (χ3n) is 3.66. The number of hydrogen-bond donors (Lipinski definition) is 1. The van der Waals surface area contributed by atoms with Gasteiger partial charge >= 0.3 is 6.01 Å². The normalized spacial score (nSPS) is 10.8. The predicted octanol–water partition coefficient (Wildman–Crippen LogP) is 3.99. The van der Waals surface area contributed by atoms with Gasteiger partial charge in [-0.25, -0.2) is 4.68 Å². The van der Waals surface area contributed by atoms with E-state index in [1.807, 2.05) is 31.2 Å². The molecule has 0 fully saturated rings. The summed E-state index contributed by atoms with van der Waals surface area (Å²) in [6, 6.07) is 15.3. The molecule has 26 heavy (non-hydrogen) atoms. The summed E-state index contributed by atoms with van der Waals surface area (Å²) < 4.78 is 6.86. The molecule has 0 radical (unpaired) electrons. The Labute approximate surface area is 160 Å². The molecule has 0 aliphatic carbocycles. The fraction of sp³-hybridized carbons (Fsp3) is 0.167. The van der Waals surface area contributed by atoms with E-state index in [4.69, 9.17) is 27.9 Å². The largest absolute Gasteiger partial charge is 0.466 e. The number of nitrogens with zero attached hydrogens (tertiary/aromatic N) is 3. The van der Waals surface area contributed by atoms with E-state index in [1.54, 1.807) is 28.9 Å². The highest BCUT2D eigenvalue weighted by Crippen LogP contribution is 2.24. The summed E-state index contributed by atoms with van der Waals surface area (Å²) in [5.41, 5.74) is 3.41. The Balaban J connectivity index is 1.94. The molecule has 0 aliphatic rings. The summed E-state index contributed by atoms with van der Waals surface area (Å²) >= 11 is 11.1. The number of rotatable bonds is 5. The molecule has 0 saturated heterocycles. The summed E-state index contributed by atoms with van der Waals surface area (Å²) in [5.74, 6) is 0.170. The van der Waals surface area contributed by atoms with Crippen molar-refractivity contribution in [2.75, 3.05) is 12.4 Å². The third kappa shape index (κ3) is 3.98. The Kier molecular flexibility index (Phi) is 5.44. The van der Waals surface area contributed by atoms with Gasteiger partial charge in [0.25, 0.3) is 5.91 Å². The van der Waals surface area contributed by atoms with Crippen LogP contribution in [0, 0.1) is 6.92 Å². The Bertz CT molecular complexity index is 906. The smallest absolute Gasteiger partial charge is 0.336 e. The second-order valence-corrected chi connectivity index (χ2v) is 6.63. The zero-order valence-corrected chi connectivity index (χ0v) is 15.6. The van der Waals surface area contributed by atoms with Gasteiger partial charge in [-0.2, -0.15) is 4.98 Å². The molecule has 1 aromatic heterocycles. The van der Waals surface area contributed by atoms with Crippen molar-refractivity contribution >= 4 is 34.8 Å². The number of methoxy groups -OCH3 is 1. The number of hydrogen-bond acceptors (Lipinski definition) is 4. The van der Waals surface area contributed by atoms with Crippen molar-refractivity contribution in [2.45, 2.75) is 11.8 Å². The van der Waals surface area contributed by atoms with E-state index < -0.39 is 10.7 Å². The third-order valence-corrected chi connectivity index (χ3v) is 4.05. The summed E-state index contributed by atoms with van der Waals surface area (Å²) in [7, 11) is 1.52. The Morgan fingerprint density at radius 2 is 1.77 bits per heavy atom. The van der Waals surface area contributed by atoms with Crippen molar-refractivity contribution in [3.05, 3.63) is 54.1 Å². The van der Waals surface area contributed by atoms with Crippen molar-refractivity contribution in [3.63, 3.8) is 0 Å². The first-order valence-electron chi connectivity index (χ1n) is 7.75. The Morgan fingerprint density at radius 1 is 1.12 bits per heavy atom. The number of nitrogens with one attached hydrogen (secondary N) is 1. The number of alkyl halides is 2. The molecular weight excluding hydrogens is 375 g/mol. The van der Waals surface area contributed by atoms with Crippen molar-refractivity contribution in [1.82, 2.24) is 14.8 Å². The molecule has 0 spiro atoms. The zero-order valence-electron chi connectivity index (χ0n) is 14.1. The quantitative estimate of drug-likeness (QED) is 0.668. The standard InChI is InChI=1S/C18H16Cl2N4O2/c1-11-3-5-12(6-4-11)16-22-18(26-2)23-24(16)14-9-7-13(8-10-14)21-17(25)15(19)20/h3-10,15H,1-2H3,(H,21,25). The molecule has 1 amide bonds. The van der Waals surface area contributed by atoms with Gasteiger partial charge < -0.3 is 10.1 Å². The molecule has 3 rings (SSSR count). The molecule has 0 bridgehead atoms. The number of halogens is 2. The van der Waals surface area contributed by atoms with E-state index in [0.29, 0.717) is 11.5 Å². The van der Waals surface area contributed by atoms with Gasteiger partial charge in [-0.1, -0.05) is 53.0 Å². The van der Waals surface area contributed by atoms with Crippen LogP contribution in [0.5, 0.6) is 6.01 Å². The minimum Gasteiger partial charge on any atom is -0.466 e. The summed E-state index contributed by atoms with van der Waals surface area (Å²) in [6.45, 7) is 2.02. The maximum atomic E-state index is 11.6. The van der Waals surface area contributed by atoms with Gasteiger partial charge in [0.15, 0.2) is 10.7 Å². The van der Waals surface area contributed by atoms with Crippen LogP contribution in [-0.2, 0) is 4.79 Å². The first kappa shape index (κ1) is 18.2. The second kappa shape index (κ2) is 7.76. The highest BCUT2D eigenvalue weighted by atomic mass is 35.5. The number of aryl methyl sites for hydroxylation is 1. The number of ether oxygens (including phenoxy) is 1. The van der Waals surface area contributed by atoms with Crippen LogP contribution >= 0.6 is 23.2 Å². The Morgan fingerprint density at radius 3 is 2.35 bits per heavy atom. The highest BCUT2D eigenvalue weighted by Gasteiger charge is 2.15. The van der Waals surface area contributed by atoms with Gasteiger partial charge in [-0.3, -0.25) is 4.79 Å². The molecule has 8 heteroatoms. The molecule has 0 unspecified atom stereocenters. The molecule has 0 aliphatic heterocycles. The van der Waals surface area contributed by atoms with Crippen LogP contribution in [0.2, 0.25) is 0 Å². The molecule has 1 N–H and O–H groups in total. The molecular formula is C18H16Cl2N4O2. The van der Waals surface area contributed by atoms with Gasteiger partial charge in [-0.15, -0.1) is 5.10 Å². The van der Waals surface area contributed by atoms with Crippen LogP contribution in [0.15, 0.2) is 48.5 Å². The number of amides is 1. The number of carbonyl (C=O) groups is 1. The van der Waals surface area contributed by atoms with E-state index >= 15 is 0 Å². The number of aromatic nitrogens is 3. The summed E-state index contributed by atoms with van der Waals surface area (Å²) in [6.07, 6.45) is 0.